The van der Waals surface area contributed by atoms with Crippen molar-refractivity contribution in [3.8, 4) is 40.0 Å². The number of rotatable bonds is 5. The summed E-state index contributed by atoms with van der Waals surface area (Å²) in [6, 6.07) is 15.0. The molecule has 1 aromatic heterocycles. The van der Waals surface area contributed by atoms with Gasteiger partial charge in [-0.15, -0.1) is 0 Å². The van der Waals surface area contributed by atoms with Gasteiger partial charge in [0.25, 0.3) is 5.69 Å². The minimum Gasteiger partial charge on any atom is -0.493 e. The quantitative estimate of drug-likeness (QED) is 0.530. The zero-order valence-electron chi connectivity index (χ0n) is 15.2. The molecule has 0 unspecified atom stereocenters. The van der Waals surface area contributed by atoms with E-state index in [-0.39, 0.29) is 17.1 Å². The lowest BCUT2D eigenvalue weighted by molar-refractivity contribution is -0.384. The second-order valence-corrected chi connectivity index (χ2v) is 5.80. The molecule has 0 aliphatic heterocycles. The average Bonchev–Trinajstić information content (AvgIpc) is 2.72. The highest BCUT2D eigenvalue weighted by Gasteiger charge is 2.16. The number of ether oxygens (including phenoxy) is 2. The SMILES string of the molecule is COc1ccc(-c2cc(-c3ccc([N+](=O)[O-])cc3)c(C#N)c(N)n2)cc1OC. The number of nitrogens with zero attached hydrogens (tertiary/aromatic N) is 3. The van der Waals surface area contributed by atoms with Crippen LogP contribution in [0.2, 0.25) is 0 Å². The number of methoxy groups -OCH3 is 2. The Morgan fingerprint density at radius 1 is 1.04 bits per heavy atom. The van der Waals surface area contributed by atoms with E-state index >= 15 is 0 Å². The summed E-state index contributed by atoms with van der Waals surface area (Å²) in [6.07, 6.45) is 0. The van der Waals surface area contributed by atoms with Crippen LogP contribution in [0.1, 0.15) is 5.56 Å². The average molecular weight is 376 g/mol. The molecule has 0 saturated heterocycles. The predicted octanol–water partition coefficient (Wildman–Crippen LogP) is 3.79. The number of nitro groups is 1. The molecular weight excluding hydrogens is 360 g/mol. The molecule has 0 saturated carbocycles. The number of anilines is 1. The monoisotopic (exact) mass is 376 g/mol. The smallest absolute Gasteiger partial charge is 0.269 e. The summed E-state index contributed by atoms with van der Waals surface area (Å²) in [6.45, 7) is 0. The van der Waals surface area contributed by atoms with E-state index in [0.717, 1.165) is 5.56 Å². The van der Waals surface area contributed by atoms with Crippen molar-refractivity contribution in [1.82, 2.24) is 4.98 Å². The van der Waals surface area contributed by atoms with Crippen LogP contribution in [0, 0.1) is 21.4 Å². The standard InChI is InChI=1S/C20H16N4O4/c1-27-18-8-5-13(9-19(18)28-2)17-10-15(16(11-21)20(22)23-17)12-3-6-14(7-4-12)24(25)26/h3-10H,1-2H3,(H2,22,23). The number of nitro benzene ring substituents is 1. The molecule has 28 heavy (non-hydrogen) atoms. The highest BCUT2D eigenvalue weighted by molar-refractivity contribution is 5.81. The molecule has 3 aromatic rings. The van der Waals surface area contributed by atoms with E-state index in [4.69, 9.17) is 15.2 Å². The molecule has 2 aromatic carbocycles. The van der Waals surface area contributed by atoms with E-state index in [1.165, 1.54) is 19.2 Å². The summed E-state index contributed by atoms with van der Waals surface area (Å²) in [5.41, 5.74) is 8.60. The zero-order chi connectivity index (χ0) is 20.3. The first-order valence-corrected chi connectivity index (χ1v) is 8.16. The molecule has 8 nitrogen and oxygen atoms in total. The zero-order valence-corrected chi connectivity index (χ0v) is 15.2. The lowest BCUT2D eigenvalue weighted by Gasteiger charge is -2.12. The third-order valence-corrected chi connectivity index (χ3v) is 4.23. The summed E-state index contributed by atoms with van der Waals surface area (Å²) in [5, 5.41) is 20.4. The van der Waals surface area contributed by atoms with Gasteiger partial charge in [0, 0.05) is 23.3 Å². The molecule has 0 aliphatic rings. The molecule has 0 atom stereocenters. The highest BCUT2D eigenvalue weighted by Crippen LogP contribution is 2.35. The molecule has 0 radical (unpaired) electrons. The second kappa shape index (κ2) is 7.63. The van der Waals surface area contributed by atoms with Crippen molar-refractivity contribution < 1.29 is 14.4 Å². The van der Waals surface area contributed by atoms with Crippen LogP contribution in [0.5, 0.6) is 11.5 Å². The first-order valence-electron chi connectivity index (χ1n) is 8.16. The third-order valence-electron chi connectivity index (χ3n) is 4.23. The number of benzene rings is 2. The highest BCUT2D eigenvalue weighted by atomic mass is 16.6. The Labute approximate surface area is 160 Å². The van der Waals surface area contributed by atoms with E-state index in [0.29, 0.717) is 28.3 Å². The second-order valence-electron chi connectivity index (χ2n) is 5.80. The van der Waals surface area contributed by atoms with Crippen molar-refractivity contribution in [3.63, 3.8) is 0 Å². The van der Waals surface area contributed by atoms with Gasteiger partial charge in [-0.1, -0.05) is 0 Å². The van der Waals surface area contributed by atoms with Crippen LogP contribution >= 0.6 is 0 Å². The fourth-order valence-electron chi connectivity index (χ4n) is 2.82. The molecule has 0 amide bonds. The van der Waals surface area contributed by atoms with Crippen LogP contribution < -0.4 is 15.2 Å². The number of aromatic nitrogens is 1. The van der Waals surface area contributed by atoms with Crippen molar-refractivity contribution in [2.45, 2.75) is 0 Å². The van der Waals surface area contributed by atoms with Gasteiger partial charge in [0.15, 0.2) is 11.5 Å². The molecular formula is C20H16N4O4. The minimum absolute atomic E-state index is 0.0376. The normalized spacial score (nSPS) is 10.2. The van der Waals surface area contributed by atoms with Crippen molar-refractivity contribution in [1.29, 1.82) is 5.26 Å². The van der Waals surface area contributed by atoms with E-state index in [2.05, 4.69) is 11.1 Å². The number of hydrogen-bond donors (Lipinski definition) is 1. The van der Waals surface area contributed by atoms with Gasteiger partial charge in [-0.05, 0) is 42.0 Å². The molecule has 2 N–H and O–H groups in total. The van der Waals surface area contributed by atoms with Gasteiger partial charge in [0.2, 0.25) is 0 Å². The summed E-state index contributed by atoms with van der Waals surface area (Å²) in [7, 11) is 3.08. The van der Waals surface area contributed by atoms with Gasteiger partial charge in [-0.25, -0.2) is 4.98 Å². The van der Waals surface area contributed by atoms with Crippen LogP contribution in [-0.4, -0.2) is 24.1 Å². The third kappa shape index (κ3) is 3.41. The van der Waals surface area contributed by atoms with Crippen LogP contribution in [0.4, 0.5) is 11.5 Å². The Balaban J connectivity index is 2.16. The van der Waals surface area contributed by atoms with Gasteiger partial charge in [0.1, 0.15) is 17.5 Å². The van der Waals surface area contributed by atoms with Crippen LogP contribution in [0.3, 0.4) is 0 Å². The van der Waals surface area contributed by atoms with Crippen molar-refractivity contribution in [3.05, 3.63) is 64.2 Å². The van der Waals surface area contributed by atoms with E-state index in [1.807, 2.05) is 0 Å². The summed E-state index contributed by atoms with van der Waals surface area (Å²) in [4.78, 5) is 14.7. The maximum atomic E-state index is 10.9. The van der Waals surface area contributed by atoms with Gasteiger partial charge in [-0.2, -0.15) is 5.26 Å². The summed E-state index contributed by atoms with van der Waals surface area (Å²) in [5.74, 6) is 1.17. The van der Waals surface area contributed by atoms with Crippen LogP contribution in [0.15, 0.2) is 48.5 Å². The maximum Gasteiger partial charge on any atom is 0.269 e. The number of nitrogen functional groups attached to an aromatic ring is 1. The molecule has 1 heterocycles. The fraction of sp³-hybridized carbons (Fsp3) is 0.100. The van der Waals surface area contributed by atoms with Gasteiger partial charge in [-0.3, -0.25) is 10.1 Å². The molecule has 0 spiro atoms. The molecule has 3 rings (SSSR count). The number of nitrogens with two attached hydrogens (primary N) is 1. The lowest BCUT2D eigenvalue weighted by atomic mass is 9.98. The largest absolute Gasteiger partial charge is 0.493 e. The Hall–Kier alpha value is -4.12. The van der Waals surface area contributed by atoms with Gasteiger partial charge >= 0.3 is 0 Å². The Morgan fingerprint density at radius 2 is 1.68 bits per heavy atom. The topological polar surface area (TPSA) is 124 Å². The van der Waals surface area contributed by atoms with Crippen molar-refractivity contribution >= 4 is 11.5 Å². The summed E-state index contributed by atoms with van der Waals surface area (Å²) >= 11 is 0. The minimum atomic E-state index is -0.481. The van der Waals surface area contributed by atoms with Crippen LogP contribution in [0.25, 0.3) is 22.4 Å². The molecule has 140 valence electrons. The number of non-ortho nitro benzene ring substituents is 1. The Morgan fingerprint density at radius 3 is 2.25 bits per heavy atom. The molecule has 0 fully saturated rings. The molecule has 0 bridgehead atoms. The molecule has 8 heteroatoms. The first kappa shape index (κ1) is 18.7. The number of hydrogen-bond acceptors (Lipinski definition) is 7. The molecule has 0 aliphatic carbocycles. The predicted molar refractivity (Wildman–Crippen MR) is 104 cm³/mol. The van der Waals surface area contributed by atoms with Crippen molar-refractivity contribution in [2.75, 3.05) is 20.0 Å². The number of pyridine rings is 1. The number of nitriles is 1. The maximum absolute atomic E-state index is 10.9. The van der Waals surface area contributed by atoms with Crippen molar-refractivity contribution in [2.24, 2.45) is 0 Å². The Kier molecular flexibility index (Phi) is 5.09. The summed E-state index contributed by atoms with van der Waals surface area (Å²) < 4.78 is 10.6. The van der Waals surface area contributed by atoms with E-state index < -0.39 is 4.92 Å². The van der Waals surface area contributed by atoms with E-state index in [9.17, 15) is 15.4 Å². The fourth-order valence-corrected chi connectivity index (χ4v) is 2.82. The first-order chi connectivity index (χ1) is 13.5. The van der Waals surface area contributed by atoms with Gasteiger partial charge < -0.3 is 15.2 Å². The Bertz CT molecular complexity index is 1090. The van der Waals surface area contributed by atoms with E-state index in [1.54, 1.807) is 43.5 Å². The van der Waals surface area contributed by atoms with Crippen LogP contribution in [-0.2, 0) is 0 Å². The van der Waals surface area contributed by atoms with Gasteiger partial charge in [0.05, 0.1) is 24.8 Å². The lowest BCUT2D eigenvalue weighted by Crippen LogP contribution is -2.00.